The highest BCUT2D eigenvalue weighted by atomic mass is 35.5. The van der Waals surface area contributed by atoms with Crippen LogP contribution in [0.5, 0.6) is 0 Å². The Bertz CT molecular complexity index is 590. The Morgan fingerprint density at radius 2 is 2.00 bits per heavy atom. The second-order valence-corrected chi connectivity index (χ2v) is 6.03. The van der Waals surface area contributed by atoms with E-state index in [1.165, 1.54) is 12.8 Å². The SMILES string of the molecule is NC1(Cc2nc(Cc3ccccc3Cl)no2)CCCC1. The Balaban J connectivity index is 1.69. The quantitative estimate of drug-likeness (QED) is 0.940. The third-order valence-corrected chi connectivity index (χ3v) is 4.29. The summed E-state index contributed by atoms with van der Waals surface area (Å²) in [5, 5.41) is 4.75. The maximum absolute atomic E-state index is 6.33. The van der Waals surface area contributed by atoms with Crippen LogP contribution in [0.25, 0.3) is 0 Å². The lowest BCUT2D eigenvalue weighted by Crippen LogP contribution is -2.38. The first-order valence-electron chi connectivity index (χ1n) is 6.98. The van der Waals surface area contributed by atoms with E-state index in [0.717, 1.165) is 23.4 Å². The van der Waals surface area contributed by atoms with Gasteiger partial charge in [-0.05, 0) is 24.5 Å². The van der Waals surface area contributed by atoms with Gasteiger partial charge in [-0.15, -0.1) is 0 Å². The van der Waals surface area contributed by atoms with Crippen molar-refractivity contribution in [3.05, 3.63) is 46.6 Å². The van der Waals surface area contributed by atoms with Gasteiger partial charge in [0.25, 0.3) is 0 Å². The molecule has 1 aliphatic carbocycles. The van der Waals surface area contributed by atoms with Crippen molar-refractivity contribution in [3.8, 4) is 0 Å². The molecule has 1 aromatic heterocycles. The highest BCUT2D eigenvalue weighted by molar-refractivity contribution is 6.31. The molecular weight excluding hydrogens is 274 g/mol. The molecule has 0 aliphatic heterocycles. The van der Waals surface area contributed by atoms with E-state index < -0.39 is 0 Å². The highest BCUT2D eigenvalue weighted by Gasteiger charge is 2.31. The van der Waals surface area contributed by atoms with E-state index in [2.05, 4.69) is 10.1 Å². The Kier molecular flexibility index (Phi) is 3.76. The minimum absolute atomic E-state index is 0.159. The van der Waals surface area contributed by atoms with Crippen LogP contribution in [0.2, 0.25) is 5.02 Å². The van der Waals surface area contributed by atoms with Gasteiger partial charge in [0, 0.05) is 23.4 Å². The third kappa shape index (κ3) is 3.02. The van der Waals surface area contributed by atoms with Crippen LogP contribution in [0.3, 0.4) is 0 Å². The minimum atomic E-state index is -0.159. The first-order chi connectivity index (χ1) is 9.65. The van der Waals surface area contributed by atoms with Crippen molar-refractivity contribution in [3.63, 3.8) is 0 Å². The Labute approximate surface area is 123 Å². The summed E-state index contributed by atoms with van der Waals surface area (Å²) in [6.45, 7) is 0. The van der Waals surface area contributed by atoms with E-state index >= 15 is 0 Å². The summed E-state index contributed by atoms with van der Waals surface area (Å²) < 4.78 is 5.32. The minimum Gasteiger partial charge on any atom is -0.339 e. The third-order valence-electron chi connectivity index (χ3n) is 3.92. The van der Waals surface area contributed by atoms with Crippen molar-refractivity contribution in [2.45, 2.75) is 44.1 Å². The molecule has 2 N–H and O–H groups in total. The molecule has 4 nitrogen and oxygen atoms in total. The van der Waals surface area contributed by atoms with Gasteiger partial charge in [0.1, 0.15) is 0 Å². The van der Waals surface area contributed by atoms with Crippen LogP contribution >= 0.6 is 11.6 Å². The Morgan fingerprint density at radius 1 is 1.25 bits per heavy atom. The molecule has 20 heavy (non-hydrogen) atoms. The molecule has 0 bridgehead atoms. The van der Waals surface area contributed by atoms with Gasteiger partial charge in [-0.25, -0.2) is 0 Å². The van der Waals surface area contributed by atoms with Crippen LogP contribution < -0.4 is 5.73 Å². The lowest BCUT2D eigenvalue weighted by Gasteiger charge is -2.20. The second-order valence-electron chi connectivity index (χ2n) is 5.62. The second kappa shape index (κ2) is 5.54. The summed E-state index contributed by atoms with van der Waals surface area (Å²) in [5.74, 6) is 1.30. The number of nitrogens with zero attached hydrogens (tertiary/aromatic N) is 2. The van der Waals surface area contributed by atoms with Crippen LogP contribution in [0.15, 0.2) is 28.8 Å². The number of halogens is 1. The lowest BCUT2D eigenvalue weighted by molar-refractivity contribution is 0.327. The molecular formula is C15H18ClN3O. The van der Waals surface area contributed by atoms with Gasteiger partial charge < -0.3 is 10.3 Å². The van der Waals surface area contributed by atoms with E-state index in [9.17, 15) is 0 Å². The van der Waals surface area contributed by atoms with E-state index in [1.54, 1.807) is 0 Å². The van der Waals surface area contributed by atoms with E-state index in [-0.39, 0.29) is 5.54 Å². The largest absolute Gasteiger partial charge is 0.339 e. The molecule has 0 spiro atoms. The number of aromatic nitrogens is 2. The fourth-order valence-corrected chi connectivity index (χ4v) is 3.01. The maximum atomic E-state index is 6.33. The first-order valence-corrected chi connectivity index (χ1v) is 7.36. The molecule has 1 fully saturated rings. The zero-order valence-corrected chi connectivity index (χ0v) is 12.1. The van der Waals surface area contributed by atoms with Crippen molar-refractivity contribution in [2.24, 2.45) is 5.73 Å². The standard InChI is InChI=1S/C15H18ClN3O/c16-12-6-2-1-5-11(12)9-13-18-14(20-19-13)10-15(17)7-3-4-8-15/h1-2,5-6H,3-4,7-10,17H2. The normalized spacial score (nSPS) is 17.5. The number of benzene rings is 1. The molecule has 5 heteroatoms. The molecule has 1 heterocycles. The fraction of sp³-hybridized carbons (Fsp3) is 0.467. The molecule has 1 saturated carbocycles. The molecule has 0 saturated heterocycles. The average Bonchev–Trinajstić information content (AvgIpc) is 3.02. The predicted octanol–water partition coefficient (Wildman–Crippen LogP) is 3.13. The average molecular weight is 292 g/mol. The molecule has 3 rings (SSSR count). The summed E-state index contributed by atoms with van der Waals surface area (Å²) in [4.78, 5) is 4.44. The van der Waals surface area contributed by atoms with Gasteiger partial charge in [-0.3, -0.25) is 0 Å². The van der Waals surface area contributed by atoms with E-state index in [1.807, 2.05) is 24.3 Å². The molecule has 0 atom stereocenters. The van der Waals surface area contributed by atoms with Crippen molar-refractivity contribution in [1.82, 2.24) is 10.1 Å². The van der Waals surface area contributed by atoms with Crippen LogP contribution in [0, 0.1) is 0 Å². The van der Waals surface area contributed by atoms with Crippen LogP contribution in [-0.2, 0) is 12.8 Å². The lowest BCUT2D eigenvalue weighted by atomic mass is 9.95. The van der Waals surface area contributed by atoms with Gasteiger partial charge in [-0.1, -0.05) is 47.8 Å². The van der Waals surface area contributed by atoms with Crippen molar-refractivity contribution < 1.29 is 4.52 Å². The Morgan fingerprint density at radius 3 is 2.75 bits per heavy atom. The molecule has 0 amide bonds. The fourth-order valence-electron chi connectivity index (χ4n) is 2.80. The molecule has 1 aromatic carbocycles. The summed E-state index contributed by atoms with van der Waals surface area (Å²) in [6, 6.07) is 7.70. The van der Waals surface area contributed by atoms with E-state index in [0.29, 0.717) is 24.6 Å². The van der Waals surface area contributed by atoms with Gasteiger partial charge in [0.15, 0.2) is 5.82 Å². The molecule has 106 valence electrons. The van der Waals surface area contributed by atoms with Gasteiger partial charge in [0.2, 0.25) is 5.89 Å². The smallest absolute Gasteiger partial charge is 0.228 e. The van der Waals surface area contributed by atoms with Crippen molar-refractivity contribution in [1.29, 1.82) is 0 Å². The van der Waals surface area contributed by atoms with Crippen LogP contribution in [0.1, 0.15) is 43.0 Å². The summed E-state index contributed by atoms with van der Waals surface area (Å²) >= 11 is 6.13. The Hall–Kier alpha value is -1.39. The number of hydrogen-bond donors (Lipinski definition) is 1. The van der Waals surface area contributed by atoms with E-state index in [4.69, 9.17) is 21.9 Å². The summed E-state index contributed by atoms with van der Waals surface area (Å²) in [7, 11) is 0. The van der Waals surface area contributed by atoms with Crippen LogP contribution in [-0.4, -0.2) is 15.7 Å². The van der Waals surface area contributed by atoms with Gasteiger partial charge >= 0.3 is 0 Å². The molecule has 1 aliphatic rings. The highest BCUT2D eigenvalue weighted by Crippen LogP contribution is 2.30. The zero-order chi connectivity index (χ0) is 14.0. The van der Waals surface area contributed by atoms with Crippen LogP contribution in [0.4, 0.5) is 0 Å². The van der Waals surface area contributed by atoms with Gasteiger partial charge in [-0.2, -0.15) is 4.98 Å². The molecule has 0 radical (unpaired) electrons. The molecule has 2 aromatic rings. The summed E-state index contributed by atoms with van der Waals surface area (Å²) in [6.07, 6.45) is 5.71. The predicted molar refractivity (Wildman–Crippen MR) is 77.6 cm³/mol. The topological polar surface area (TPSA) is 64.9 Å². The molecule has 0 unspecified atom stereocenters. The van der Waals surface area contributed by atoms with Crippen molar-refractivity contribution >= 4 is 11.6 Å². The number of nitrogens with two attached hydrogens (primary N) is 1. The monoisotopic (exact) mass is 291 g/mol. The van der Waals surface area contributed by atoms with Gasteiger partial charge in [0.05, 0.1) is 0 Å². The zero-order valence-electron chi connectivity index (χ0n) is 11.3. The first kappa shape index (κ1) is 13.6. The number of rotatable bonds is 4. The summed E-state index contributed by atoms with van der Waals surface area (Å²) in [5.41, 5.74) is 7.17. The van der Waals surface area contributed by atoms with Crippen molar-refractivity contribution in [2.75, 3.05) is 0 Å². The number of hydrogen-bond acceptors (Lipinski definition) is 4. The maximum Gasteiger partial charge on any atom is 0.228 e.